The summed E-state index contributed by atoms with van der Waals surface area (Å²) in [6.45, 7) is 3.27. The van der Waals surface area contributed by atoms with Crippen molar-refractivity contribution >= 4 is 33.3 Å². The molecule has 2 rings (SSSR count). The highest BCUT2D eigenvalue weighted by Gasteiger charge is 2.25. The van der Waals surface area contributed by atoms with E-state index in [2.05, 4.69) is 37.7 Å². The summed E-state index contributed by atoms with van der Waals surface area (Å²) in [5, 5.41) is 0.315. The van der Waals surface area contributed by atoms with Gasteiger partial charge in [0.2, 0.25) is 5.28 Å². The van der Waals surface area contributed by atoms with E-state index in [1.807, 2.05) is 0 Å². The predicted octanol–water partition coefficient (Wildman–Crippen LogP) is 3.27. The molecular weight excluding hydrogens is 277 g/mol. The van der Waals surface area contributed by atoms with E-state index in [4.69, 9.17) is 11.6 Å². The first-order chi connectivity index (χ1) is 7.22. The monoisotopic (exact) mass is 289 g/mol. The molecule has 1 saturated heterocycles. The summed E-state index contributed by atoms with van der Waals surface area (Å²) in [5.41, 5.74) is 0. The summed E-state index contributed by atoms with van der Waals surface area (Å²) >= 11 is 9.29. The van der Waals surface area contributed by atoms with E-state index in [9.17, 15) is 0 Å². The number of hydrogen-bond acceptors (Lipinski definition) is 3. The first-order valence-electron chi connectivity index (χ1n) is 5.17. The van der Waals surface area contributed by atoms with Gasteiger partial charge >= 0.3 is 0 Å². The maximum atomic E-state index is 5.82. The normalized spacial score (nSPS) is 21.0. The molecule has 0 bridgehead atoms. The Morgan fingerprint density at radius 1 is 1.67 bits per heavy atom. The molecule has 15 heavy (non-hydrogen) atoms. The van der Waals surface area contributed by atoms with Gasteiger partial charge in [-0.1, -0.05) is 6.92 Å². The van der Waals surface area contributed by atoms with Gasteiger partial charge in [-0.15, -0.1) is 0 Å². The Labute approximate surface area is 103 Å². The summed E-state index contributed by atoms with van der Waals surface area (Å²) in [5.74, 6) is 0.930. The highest BCUT2D eigenvalue weighted by Crippen LogP contribution is 2.31. The number of rotatable bonds is 2. The maximum absolute atomic E-state index is 5.82. The van der Waals surface area contributed by atoms with Crippen LogP contribution in [0.15, 0.2) is 10.7 Å². The molecule has 0 amide bonds. The van der Waals surface area contributed by atoms with Crippen molar-refractivity contribution in [2.45, 2.75) is 32.2 Å². The van der Waals surface area contributed by atoms with Crippen molar-refractivity contribution in [3.8, 4) is 0 Å². The van der Waals surface area contributed by atoms with Gasteiger partial charge in [0, 0.05) is 18.8 Å². The molecule has 0 aliphatic carbocycles. The lowest BCUT2D eigenvalue weighted by atomic mass is 10.2. The zero-order valence-electron chi connectivity index (χ0n) is 8.58. The smallest absolute Gasteiger partial charge is 0.224 e. The molecule has 1 aliphatic heterocycles. The summed E-state index contributed by atoms with van der Waals surface area (Å²) in [6, 6.07) is 0.590. The SMILES string of the molecule is CCC1CCCN1c1nc(Cl)ncc1Br. The van der Waals surface area contributed by atoms with Crippen LogP contribution in [0, 0.1) is 0 Å². The van der Waals surface area contributed by atoms with Crippen LogP contribution in [0.4, 0.5) is 5.82 Å². The molecule has 1 aromatic heterocycles. The van der Waals surface area contributed by atoms with Gasteiger partial charge in [-0.2, -0.15) is 4.98 Å². The second kappa shape index (κ2) is 4.66. The lowest BCUT2D eigenvalue weighted by molar-refractivity contribution is 0.639. The van der Waals surface area contributed by atoms with Gasteiger partial charge in [0.05, 0.1) is 4.47 Å². The topological polar surface area (TPSA) is 29.0 Å². The average Bonchev–Trinajstić information content (AvgIpc) is 2.69. The summed E-state index contributed by atoms with van der Waals surface area (Å²) in [4.78, 5) is 10.5. The van der Waals surface area contributed by atoms with E-state index in [1.54, 1.807) is 6.20 Å². The molecule has 0 N–H and O–H groups in total. The van der Waals surface area contributed by atoms with Crippen LogP contribution in [0.5, 0.6) is 0 Å². The van der Waals surface area contributed by atoms with Crippen molar-refractivity contribution in [3.63, 3.8) is 0 Å². The lowest BCUT2D eigenvalue weighted by Gasteiger charge is -2.25. The Morgan fingerprint density at radius 2 is 2.47 bits per heavy atom. The van der Waals surface area contributed by atoms with Crippen molar-refractivity contribution in [2.75, 3.05) is 11.4 Å². The molecule has 1 aliphatic rings. The Morgan fingerprint density at radius 3 is 3.20 bits per heavy atom. The molecule has 1 fully saturated rings. The summed E-state index contributed by atoms with van der Waals surface area (Å²) in [6.07, 6.45) is 5.33. The second-order valence-corrected chi connectivity index (χ2v) is 4.90. The largest absolute Gasteiger partial charge is 0.353 e. The third-order valence-electron chi connectivity index (χ3n) is 2.82. The van der Waals surface area contributed by atoms with Gasteiger partial charge in [-0.05, 0) is 46.8 Å². The molecule has 82 valence electrons. The minimum atomic E-state index is 0.315. The van der Waals surface area contributed by atoms with Crippen LogP contribution in [0.2, 0.25) is 5.28 Å². The van der Waals surface area contributed by atoms with Crippen molar-refractivity contribution in [3.05, 3.63) is 16.0 Å². The van der Waals surface area contributed by atoms with Gasteiger partial charge in [0.1, 0.15) is 5.82 Å². The third-order valence-corrected chi connectivity index (χ3v) is 3.56. The van der Waals surface area contributed by atoms with Crippen molar-refractivity contribution in [1.29, 1.82) is 0 Å². The first kappa shape index (κ1) is 11.1. The zero-order valence-corrected chi connectivity index (χ0v) is 10.9. The molecule has 1 unspecified atom stereocenters. The first-order valence-corrected chi connectivity index (χ1v) is 6.34. The van der Waals surface area contributed by atoms with Crippen LogP contribution in [0.1, 0.15) is 26.2 Å². The number of anilines is 1. The summed E-state index contributed by atoms with van der Waals surface area (Å²) in [7, 11) is 0. The quantitative estimate of drug-likeness (QED) is 0.783. The van der Waals surface area contributed by atoms with Crippen LogP contribution in [0.25, 0.3) is 0 Å². The highest BCUT2D eigenvalue weighted by molar-refractivity contribution is 9.10. The molecular formula is C10H13BrClN3. The molecule has 3 nitrogen and oxygen atoms in total. The van der Waals surface area contributed by atoms with Gasteiger partial charge in [0.15, 0.2) is 0 Å². The van der Waals surface area contributed by atoms with Gasteiger partial charge in [0.25, 0.3) is 0 Å². The molecule has 1 atom stereocenters. The predicted molar refractivity (Wildman–Crippen MR) is 65.4 cm³/mol. The molecule has 1 aromatic rings. The van der Waals surface area contributed by atoms with Crippen molar-refractivity contribution in [2.24, 2.45) is 0 Å². The third kappa shape index (κ3) is 2.26. The van der Waals surface area contributed by atoms with Crippen LogP contribution in [0.3, 0.4) is 0 Å². The minimum absolute atomic E-state index is 0.315. The van der Waals surface area contributed by atoms with Crippen LogP contribution in [-0.2, 0) is 0 Å². The number of nitrogens with zero attached hydrogens (tertiary/aromatic N) is 3. The van der Waals surface area contributed by atoms with Crippen molar-refractivity contribution < 1.29 is 0 Å². The Bertz CT molecular complexity index is 359. The molecule has 0 aromatic carbocycles. The van der Waals surface area contributed by atoms with Gasteiger partial charge < -0.3 is 4.90 Å². The fourth-order valence-electron chi connectivity index (χ4n) is 2.08. The second-order valence-electron chi connectivity index (χ2n) is 3.71. The molecule has 0 saturated carbocycles. The van der Waals surface area contributed by atoms with E-state index in [0.717, 1.165) is 23.3 Å². The zero-order chi connectivity index (χ0) is 10.8. The van der Waals surface area contributed by atoms with Gasteiger partial charge in [-0.3, -0.25) is 0 Å². The van der Waals surface area contributed by atoms with E-state index < -0.39 is 0 Å². The van der Waals surface area contributed by atoms with Crippen LogP contribution in [-0.4, -0.2) is 22.6 Å². The Kier molecular flexibility index (Phi) is 3.46. The van der Waals surface area contributed by atoms with E-state index in [0.29, 0.717) is 11.3 Å². The molecule has 0 radical (unpaired) electrons. The number of halogens is 2. The molecule has 5 heteroatoms. The standard InChI is InChI=1S/C10H13BrClN3/c1-2-7-4-3-5-15(7)9-8(11)6-13-10(12)14-9/h6-7H,2-5H2,1H3. The average molecular weight is 291 g/mol. The fourth-order valence-corrected chi connectivity index (χ4v) is 2.63. The van der Waals surface area contributed by atoms with Crippen molar-refractivity contribution in [1.82, 2.24) is 9.97 Å². The number of aromatic nitrogens is 2. The minimum Gasteiger partial charge on any atom is -0.353 e. The summed E-state index contributed by atoms with van der Waals surface area (Å²) < 4.78 is 0.923. The van der Waals surface area contributed by atoms with Gasteiger partial charge in [-0.25, -0.2) is 4.98 Å². The van der Waals surface area contributed by atoms with E-state index >= 15 is 0 Å². The van der Waals surface area contributed by atoms with Crippen LogP contribution >= 0.6 is 27.5 Å². The van der Waals surface area contributed by atoms with E-state index in [-0.39, 0.29) is 0 Å². The Hall–Kier alpha value is -0.350. The number of hydrogen-bond donors (Lipinski definition) is 0. The fraction of sp³-hybridized carbons (Fsp3) is 0.600. The van der Waals surface area contributed by atoms with Crippen LogP contribution < -0.4 is 4.90 Å². The maximum Gasteiger partial charge on any atom is 0.224 e. The Balaban J connectivity index is 2.31. The molecule has 2 heterocycles. The lowest BCUT2D eigenvalue weighted by Crippen LogP contribution is -2.29. The van der Waals surface area contributed by atoms with E-state index in [1.165, 1.54) is 12.8 Å². The molecule has 0 spiro atoms. The highest BCUT2D eigenvalue weighted by atomic mass is 79.9.